The average molecular weight is 244 g/mol. The molecule has 0 amide bonds. The summed E-state index contributed by atoms with van der Waals surface area (Å²) < 4.78 is 36.4. The summed E-state index contributed by atoms with van der Waals surface area (Å²) in [6, 6.07) is 5.00. The molecule has 1 aromatic carbocycles. The first-order valence-corrected chi connectivity index (χ1v) is 5.40. The summed E-state index contributed by atoms with van der Waals surface area (Å²) in [5.41, 5.74) is -0.643. The predicted molar refractivity (Wildman–Crippen MR) is 60.2 cm³/mol. The maximum atomic E-state index is 12.3. The molecule has 0 saturated carbocycles. The van der Waals surface area contributed by atoms with Crippen LogP contribution in [-0.2, 0) is 6.18 Å². The molecule has 0 aliphatic carbocycles. The van der Waals surface area contributed by atoms with Gasteiger partial charge in [0.25, 0.3) is 0 Å². The molecule has 0 unspecified atom stereocenters. The lowest BCUT2D eigenvalue weighted by atomic mass is 10.2. The molecular formula is C12H11F3S. The maximum Gasteiger partial charge on any atom is 0.416 e. The molecule has 4 heteroatoms. The first-order chi connectivity index (χ1) is 7.24. The summed E-state index contributed by atoms with van der Waals surface area (Å²) in [4.78, 5) is 0.732. The topological polar surface area (TPSA) is 0 Å². The highest BCUT2D eigenvalue weighted by Crippen LogP contribution is 2.34. The Morgan fingerprint density at radius 1 is 1.12 bits per heavy atom. The fourth-order valence-electron chi connectivity index (χ4n) is 1.04. The van der Waals surface area contributed by atoms with E-state index in [0.717, 1.165) is 17.0 Å². The third-order valence-electron chi connectivity index (χ3n) is 1.90. The summed E-state index contributed by atoms with van der Waals surface area (Å²) in [5.74, 6) is 2.58. The van der Waals surface area contributed by atoms with Crippen molar-refractivity contribution < 1.29 is 13.2 Å². The molecule has 0 heterocycles. The van der Waals surface area contributed by atoms with Crippen LogP contribution in [0.3, 0.4) is 0 Å². The highest BCUT2D eigenvalue weighted by molar-refractivity contribution is 8.00. The van der Waals surface area contributed by atoms with Gasteiger partial charge in [-0.05, 0) is 38.1 Å². The third-order valence-corrected chi connectivity index (χ3v) is 3.04. The third kappa shape index (κ3) is 3.49. The number of hydrogen-bond donors (Lipinski definition) is 0. The van der Waals surface area contributed by atoms with Crippen LogP contribution >= 0.6 is 11.8 Å². The zero-order chi connectivity index (χ0) is 12.4. The minimum absolute atomic E-state index is 0.417. The molecule has 0 bridgehead atoms. The van der Waals surface area contributed by atoms with Gasteiger partial charge in [-0.1, -0.05) is 5.92 Å². The normalized spacial score (nSPS) is 12.2. The summed E-state index contributed by atoms with van der Waals surface area (Å²) in [7, 11) is 0. The van der Waals surface area contributed by atoms with Crippen molar-refractivity contribution in [1.82, 2.24) is 0 Å². The van der Waals surface area contributed by atoms with Crippen LogP contribution in [0.5, 0.6) is 0 Å². The van der Waals surface area contributed by atoms with Crippen molar-refractivity contribution in [2.75, 3.05) is 0 Å². The molecule has 0 fully saturated rings. The smallest absolute Gasteiger partial charge is 0.166 e. The lowest BCUT2D eigenvalue weighted by molar-refractivity contribution is -0.137. The minimum atomic E-state index is -4.29. The second-order valence-corrected chi connectivity index (χ2v) is 5.47. The van der Waals surface area contributed by atoms with E-state index in [9.17, 15) is 13.2 Å². The molecule has 1 rings (SSSR count). The van der Waals surface area contributed by atoms with Gasteiger partial charge in [-0.15, -0.1) is 18.2 Å². The van der Waals surface area contributed by atoms with E-state index in [1.807, 2.05) is 13.8 Å². The molecule has 0 radical (unpaired) electrons. The highest BCUT2D eigenvalue weighted by Gasteiger charge is 2.30. The van der Waals surface area contributed by atoms with Crippen molar-refractivity contribution in [2.45, 2.75) is 29.7 Å². The second-order valence-electron chi connectivity index (χ2n) is 3.78. The van der Waals surface area contributed by atoms with E-state index in [4.69, 9.17) is 6.42 Å². The van der Waals surface area contributed by atoms with E-state index in [-0.39, 0.29) is 0 Å². The molecule has 0 aromatic heterocycles. The molecule has 0 saturated heterocycles. The molecule has 16 heavy (non-hydrogen) atoms. The Labute approximate surface area is 97.2 Å². The van der Waals surface area contributed by atoms with Crippen LogP contribution in [0.1, 0.15) is 19.4 Å². The average Bonchev–Trinajstić information content (AvgIpc) is 2.16. The highest BCUT2D eigenvalue weighted by atomic mass is 32.2. The van der Waals surface area contributed by atoms with Crippen molar-refractivity contribution in [3.63, 3.8) is 0 Å². The van der Waals surface area contributed by atoms with Crippen molar-refractivity contribution in [1.29, 1.82) is 0 Å². The second kappa shape index (κ2) is 4.42. The van der Waals surface area contributed by atoms with Crippen LogP contribution < -0.4 is 0 Å². The van der Waals surface area contributed by atoms with Crippen LogP contribution in [-0.4, -0.2) is 4.75 Å². The Morgan fingerprint density at radius 3 is 2.00 bits per heavy atom. The lowest BCUT2D eigenvalue weighted by Gasteiger charge is -2.16. The number of benzene rings is 1. The maximum absolute atomic E-state index is 12.3. The van der Waals surface area contributed by atoms with Crippen molar-refractivity contribution in [3.05, 3.63) is 29.8 Å². The molecule has 0 spiro atoms. The number of halogens is 3. The molecule has 0 atom stereocenters. The monoisotopic (exact) mass is 244 g/mol. The van der Waals surface area contributed by atoms with Crippen LogP contribution in [0.4, 0.5) is 13.2 Å². The van der Waals surface area contributed by atoms with Crippen LogP contribution in [0.15, 0.2) is 29.2 Å². The number of terminal acetylenes is 1. The molecule has 0 aliphatic rings. The zero-order valence-corrected chi connectivity index (χ0v) is 9.75. The lowest BCUT2D eigenvalue weighted by Crippen LogP contribution is -2.10. The number of alkyl halides is 3. The minimum Gasteiger partial charge on any atom is -0.166 e. The van der Waals surface area contributed by atoms with E-state index in [1.165, 1.54) is 23.9 Å². The van der Waals surface area contributed by atoms with Crippen LogP contribution in [0, 0.1) is 12.3 Å². The van der Waals surface area contributed by atoms with Gasteiger partial charge in [0.1, 0.15) is 0 Å². The Kier molecular flexibility index (Phi) is 3.59. The summed E-state index contributed by atoms with van der Waals surface area (Å²) in [6.45, 7) is 3.69. The van der Waals surface area contributed by atoms with Gasteiger partial charge >= 0.3 is 6.18 Å². The van der Waals surface area contributed by atoms with Gasteiger partial charge < -0.3 is 0 Å². The zero-order valence-electron chi connectivity index (χ0n) is 8.93. The summed E-state index contributed by atoms with van der Waals surface area (Å²) >= 11 is 1.36. The first kappa shape index (κ1) is 13.0. The fourth-order valence-corrected chi connectivity index (χ4v) is 1.96. The molecule has 0 N–H and O–H groups in total. The predicted octanol–water partition coefficient (Wildman–Crippen LogP) is 4.21. The van der Waals surface area contributed by atoms with Gasteiger partial charge in [-0.2, -0.15) is 13.2 Å². The van der Waals surface area contributed by atoms with Crippen molar-refractivity contribution in [3.8, 4) is 12.3 Å². The van der Waals surface area contributed by atoms with E-state index in [1.54, 1.807) is 0 Å². The van der Waals surface area contributed by atoms with Crippen molar-refractivity contribution in [2.24, 2.45) is 0 Å². The molecule has 0 aliphatic heterocycles. The number of thioether (sulfide) groups is 1. The molecular weight excluding hydrogens is 233 g/mol. The van der Waals surface area contributed by atoms with Crippen LogP contribution in [0.25, 0.3) is 0 Å². The largest absolute Gasteiger partial charge is 0.416 e. The quantitative estimate of drug-likeness (QED) is 0.554. The fraction of sp³-hybridized carbons (Fsp3) is 0.333. The van der Waals surface area contributed by atoms with Gasteiger partial charge in [-0.25, -0.2) is 0 Å². The van der Waals surface area contributed by atoms with E-state index in [0.29, 0.717) is 0 Å². The summed E-state index contributed by atoms with van der Waals surface area (Å²) in [5, 5.41) is 0. The van der Waals surface area contributed by atoms with Gasteiger partial charge in [0.15, 0.2) is 0 Å². The van der Waals surface area contributed by atoms with Crippen LogP contribution in [0.2, 0.25) is 0 Å². The van der Waals surface area contributed by atoms with E-state index >= 15 is 0 Å². The number of hydrogen-bond acceptors (Lipinski definition) is 1. The Balaban J connectivity index is 2.85. The van der Waals surface area contributed by atoms with E-state index < -0.39 is 16.5 Å². The Morgan fingerprint density at radius 2 is 1.62 bits per heavy atom. The van der Waals surface area contributed by atoms with Gasteiger partial charge in [0, 0.05) is 4.90 Å². The van der Waals surface area contributed by atoms with Crippen molar-refractivity contribution >= 4 is 11.8 Å². The Bertz CT molecular complexity index is 396. The molecule has 0 nitrogen and oxygen atoms in total. The van der Waals surface area contributed by atoms with E-state index in [2.05, 4.69) is 5.92 Å². The standard InChI is InChI=1S/C12H11F3S/c1-4-11(2,3)16-10-7-5-9(6-8-10)12(13,14)15/h1,5-8H,2-3H3. The van der Waals surface area contributed by atoms with Gasteiger partial charge in [0.05, 0.1) is 10.3 Å². The molecule has 86 valence electrons. The molecule has 1 aromatic rings. The number of rotatable bonds is 2. The summed E-state index contributed by atoms with van der Waals surface area (Å²) in [6.07, 6.45) is 1.02. The SMILES string of the molecule is C#CC(C)(C)Sc1ccc(C(F)(F)F)cc1. The van der Waals surface area contributed by atoms with Gasteiger partial charge in [-0.3, -0.25) is 0 Å². The first-order valence-electron chi connectivity index (χ1n) is 4.59. The Hall–Kier alpha value is -1.08. The van der Waals surface area contributed by atoms with Gasteiger partial charge in [0.2, 0.25) is 0 Å².